The summed E-state index contributed by atoms with van der Waals surface area (Å²) >= 11 is 0. The van der Waals surface area contributed by atoms with E-state index in [1.165, 1.54) is 12.1 Å². The van der Waals surface area contributed by atoms with Crippen LogP contribution < -0.4 is 11.1 Å². The van der Waals surface area contributed by atoms with Crippen molar-refractivity contribution in [2.45, 2.75) is 37.8 Å². The third kappa shape index (κ3) is 2.79. The summed E-state index contributed by atoms with van der Waals surface area (Å²) in [6.07, 6.45) is 3.30. The monoisotopic (exact) mass is 252 g/mol. The molecule has 98 valence electrons. The molecule has 0 aromatic heterocycles. The Bertz CT molecular complexity index is 422. The Hall–Kier alpha value is -1.62. The van der Waals surface area contributed by atoms with Gasteiger partial charge in [0.1, 0.15) is 17.1 Å². The van der Waals surface area contributed by atoms with Crippen LogP contribution in [0.4, 0.5) is 4.39 Å². The maximum Gasteiger partial charge on any atom is 0.258 e. The van der Waals surface area contributed by atoms with Crippen molar-refractivity contribution < 1.29 is 14.3 Å². The average Bonchev–Trinajstić information content (AvgIpc) is 2.32. The molecule has 1 amide bonds. The van der Waals surface area contributed by atoms with E-state index in [-0.39, 0.29) is 23.4 Å². The van der Waals surface area contributed by atoms with Crippen LogP contribution in [0, 0.1) is 5.82 Å². The highest BCUT2D eigenvalue weighted by molar-refractivity contribution is 5.97. The van der Waals surface area contributed by atoms with Gasteiger partial charge < -0.3 is 16.2 Å². The van der Waals surface area contributed by atoms with Crippen LogP contribution in [-0.2, 0) is 0 Å². The molecular formula is C13H17FN2O2. The lowest BCUT2D eigenvalue weighted by Crippen LogP contribution is -2.40. The van der Waals surface area contributed by atoms with Gasteiger partial charge in [0.05, 0.1) is 0 Å². The molecule has 1 aliphatic carbocycles. The van der Waals surface area contributed by atoms with Crippen molar-refractivity contribution in [3.63, 3.8) is 0 Å². The highest BCUT2D eigenvalue weighted by Gasteiger charge is 2.23. The van der Waals surface area contributed by atoms with Crippen molar-refractivity contribution in [2.24, 2.45) is 5.73 Å². The smallest absolute Gasteiger partial charge is 0.258 e. The Morgan fingerprint density at radius 3 is 2.61 bits per heavy atom. The van der Waals surface area contributed by atoms with Gasteiger partial charge >= 0.3 is 0 Å². The van der Waals surface area contributed by atoms with Crippen LogP contribution in [-0.4, -0.2) is 23.1 Å². The number of amides is 1. The van der Waals surface area contributed by atoms with E-state index in [0.29, 0.717) is 0 Å². The van der Waals surface area contributed by atoms with Gasteiger partial charge in [0.2, 0.25) is 0 Å². The van der Waals surface area contributed by atoms with E-state index in [9.17, 15) is 14.3 Å². The summed E-state index contributed by atoms with van der Waals surface area (Å²) in [5, 5.41) is 12.3. The first-order chi connectivity index (χ1) is 8.58. The van der Waals surface area contributed by atoms with Crippen LogP contribution in [0.2, 0.25) is 0 Å². The highest BCUT2D eigenvalue weighted by Crippen LogP contribution is 2.22. The molecule has 1 aliphatic rings. The van der Waals surface area contributed by atoms with Gasteiger partial charge in [-0.3, -0.25) is 4.79 Å². The molecule has 0 unspecified atom stereocenters. The minimum Gasteiger partial charge on any atom is -0.507 e. The quantitative estimate of drug-likeness (QED) is 0.747. The highest BCUT2D eigenvalue weighted by atomic mass is 19.1. The van der Waals surface area contributed by atoms with Gasteiger partial charge in [0, 0.05) is 12.1 Å². The molecule has 0 radical (unpaired) electrons. The van der Waals surface area contributed by atoms with Gasteiger partial charge in [-0.15, -0.1) is 0 Å². The number of halogens is 1. The molecule has 2 rings (SSSR count). The average molecular weight is 252 g/mol. The first-order valence-electron chi connectivity index (χ1n) is 6.12. The summed E-state index contributed by atoms with van der Waals surface area (Å²) in [6.45, 7) is 0. The van der Waals surface area contributed by atoms with E-state index < -0.39 is 11.7 Å². The van der Waals surface area contributed by atoms with Gasteiger partial charge in [-0.05, 0) is 37.8 Å². The molecular weight excluding hydrogens is 235 g/mol. The molecule has 18 heavy (non-hydrogen) atoms. The molecule has 5 heteroatoms. The summed E-state index contributed by atoms with van der Waals surface area (Å²) in [5.74, 6) is -1.61. The molecule has 0 spiro atoms. The Kier molecular flexibility index (Phi) is 3.81. The lowest BCUT2D eigenvalue weighted by Gasteiger charge is -2.26. The number of hydrogen-bond donors (Lipinski definition) is 3. The fraction of sp³-hybridized carbons (Fsp3) is 0.462. The number of carbonyl (C=O) groups is 1. The topological polar surface area (TPSA) is 75.3 Å². The summed E-state index contributed by atoms with van der Waals surface area (Å²) in [4.78, 5) is 11.9. The fourth-order valence-electron chi connectivity index (χ4n) is 2.26. The Morgan fingerprint density at radius 2 is 2.00 bits per heavy atom. The largest absolute Gasteiger partial charge is 0.507 e. The van der Waals surface area contributed by atoms with E-state index in [1.807, 2.05) is 0 Å². The number of nitrogens with two attached hydrogens (primary N) is 1. The van der Waals surface area contributed by atoms with Crippen LogP contribution in [0.25, 0.3) is 0 Å². The Labute approximate surface area is 105 Å². The van der Waals surface area contributed by atoms with E-state index >= 15 is 0 Å². The minimum absolute atomic E-state index is 0.0105. The molecule has 0 aliphatic heterocycles. The second kappa shape index (κ2) is 5.35. The summed E-state index contributed by atoms with van der Waals surface area (Å²) < 4.78 is 13.5. The molecule has 0 bridgehead atoms. The molecule has 1 aromatic rings. The predicted octanol–water partition coefficient (Wildman–Crippen LogP) is 1.53. The molecule has 4 nitrogen and oxygen atoms in total. The van der Waals surface area contributed by atoms with Crippen molar-refractivity contribution in [1.82, 2.24) is 5.32 Å². The zero-order chi connectivity index (χ0) is 13.1. The minimum atomic E-state index is -0.708. The first kappa shape index (κ1) is 12.8. The maximum absolute atomic E-state index is 13.5. The van der Waals surface area contributed by atoms with Gasteiger partial charge in [-0.25, -0.2) is 4.39 Å². The van der Waals surface area contributed by atoms with Crippen LogP contribution in [0.1, 0.15) is 36.0 Å². The van der Waals surface area contributed by atoms with Gasteiger partial charge in [-0.2, -0.15) is 0 Å². The van der Waals surface area contributed by atoms with Crippen molar-refractivity contribution >= 4 is 5.91 Å². The van der Waals surface area contributed by atoms with Crippen molar-refractivity contribution in [1.29, 1.82) is 0 Å². The summed E-state index contributed by atoms with van der Waals surface area (Å²) in [6, 6.07) is 4.03. The van der Waals surface area contributed by atoms with Crippen LogP contribution >= 0.6 is 0 Å². The number of benzene rings is 1. The third-order valence-corrected chi connectivity index (χ3v) is 3.33. The number of phenolic OH excluding ortho intramolecular Hbond substituents is 1. The lowest BCUT2D eigenvalue weighted by atomic mass is 9.91. The number of nitrogens with one attached hydrogen (secondary N) is 1. The second-order valence-corrected chi connectivity index (χ2v) is 4.72. The van der Waals surface area contributed by atoms with Crippen LogP contribution in [0.15, 0.2) is 18.2 Å². The van der Waals surface area contributed by atoms with Crippen molar-refractivity contribution in [2.75, 3.05) is 0 Å². The molecule has 0 heterocycles. The normalized spacial score (nSPS) is 23.7. The Morgan fingerprint density at radius 1 is 1.33 bits per heavy atom. The number of hydrogen-bond acceptors (Lipinski definition) is 3. The fourth-order valence-corrected chi connectivity index (χ4v) is 2.26. The molecule has 0 atom stereocenters. The number of carbonyl (C=O) groups excluding carboxylic acids is 1. The van der Waals surface area contributed by atoms with Crippen molar-refractivity contribution in [3.8, 4) is 5.75 Å². The van der Waals surface area contributed by atoms with Crippen molar-refractivity contribution in [3.05, 3.63) is 29.6 Å². The van der Waals surface area contributed by atoms with E-state index in [0.717, 1.165) is 31.7 Å². The Balaban J connectivity index is 2.04. The zero-order valence-electron chi connectivity index (χ0n) is 10.0. The van der Waals surface area contributed by atoms with Crippen LogP contribution in [0.3, 0.4) is 0 Å². The predicted molar refractivity (Wildman–Crippen MR) is 65.8 cm³/mol. The van der Waals surface area contributed by atoms with E-state index in [4.69, 9.17) is 5.73 Å². The number of phenols is 1. The van der Waals surface area contributed by atoms with Gasteiger partial charge in [0.15, 0.2) is 0 Å². The van der Waals surface area contributed by atoms with Gasteiger partial charge in [0.25, 0.3) is 5.91 Å². The molecule has 1 fully saturated rings. The third-order valence-electron chi connectivity index (χ3n) is 3.33. The SMILES string of the molecule is NC1CCC(NC(=O)c2c(O)cccc2F)CC1. The summed E-state index contributed by atoms with van der Waals surface area (Å²) in [5.41, 5.74) is 5.49. The molecule has 1 aromatic carbocycles. The standard InChI is InChI=1S/C13H17FN2O2/c14-10-2-1-3-11(17)12(10)13(18)16-9-6-4-8(15)5-7-9/h1-3,8-9,17H,4-7,15H2,(H,16,18). The first-order valence-corrected chi connectivity index (χ1v) is 6.12. The number of rotatable bonds is 2. The zero-order valence-corrected chi connectivity index (χ0v) is 10.0. The molecule has 4 N–H and O–H groups in total. The van der Waals surface area contributed by atoms with Crippen LogP contribution in [0.5, 0.6) is 5.75 Å². The molecule has 1 saturated carbocycles. The second-order valence-electron chi connectivity index (χ2n) is 4.72. The maximum atomic E-state index is 13.5. The van der Waals surface area contributed by atoms with Gasteiger partial charge in [-0.1, -0.05) is 6.07 Å². The summed E-state index contributed by atoms with van der Waals surface area (Å²) in [7, 11) is 0. The van der Waals surface area contributed by atoms with E-state index in [2.05, 4.69) is 5.32 Å². The van der Waals surface area contributed by atoms with E-state index in [1.54, 1.807) is 0 Å². The molecule has 0 saturated heterocycles. The lowest BCUT2D eigenvalue weighted by molar-refractivity contribution is 0.0919. The number of aromatic hydroxyl groups is 1.